The van der Waals surface area contributed by atoms with Crippen LogP contribution >= 0.6 is 11.3 Å². The molecule has 0 saturated heterocycles. The van der Waals surface area contributed by atoms with Gasteiger partial charge in [-0.1, -0.05) is 0 Å². The highest BCUT2D eigenvalue weighted by Gasteiger charge is 2.22. The largest absolute Gasteiger partial charge is 0.462 e. The van der Waals surface area contributed by atoms with Gasteiger partial charge in [0.2, 0.25) is 0 Å². The minimum absolute atomic E-state index is 0.282. The summed E-state index contributed by atoms with van der Waals surface area (Å²) in [5.74, 6) is -0.700. The molecule has 7 heteroatoms. The van der Waals surface area contributed by atoms with Gasteiger partial charge in [-0.25, -0.2) is 9.78 Å². The van der Waals surface area contributed by atoms with Crippen LogP contribution in [0.1, 0.15) is 43.8 Å². The number of hydrogen-bond acceptors (Lipinski definition) is 5. The molecular weight excluding hydrogens is 338 g/mol. The Morgan fingerprint density at radius 1 is 1.32 bits per heavy atom. The molecule has 0 saturated carbocycles. The molecule has 0 bridgehead atoms. The Morgan fingerprint density at radius 2 is 2.08 bits per heavy atom. The molecule has 3 aromatic heterocycles. The summed E-state index contributed by atoms with van der Waals surface area (Å²) >= 11 is 1.37. The van der Waals surface area contributed by atoms with Crippen LogP contribution in [-0.4, -0.2) is 27.9 Å². The Bertz CT molecular complexity index is 972. The molecule has 1 amide bonds. The fourth-order valence-corrected chi connectivity index (χ4v) is 3.63. The highest BCUT2D eigenvalue weighted by Crippen LogP contribution is 2.33. The van der Waals surface area contributed by atoms with E-state index in [0.717, 1.165) is 16.1 Å². The zero-order chi connectivity index (χ0) is 18.1. The van der Waals surface area contributed by atoms with Gasteiger partial charge in [0.25, 0.3) is 5.91 Å². The van der Waals surface area contributed by atoms with Gasteiger partial charge in [-0.15, -0.1) is 11.3 Å². The van der Waals surface area contributed by atoms with E-state index in [4.69, 9.17) is 4.74 Å². The third-order valence-corrected chi connectivity index (χ3v) is 5.06. The predicted octanol–water partition coefficient (Wildman–Crippen LogP) is 3.75. The number of rotatable bonds is 4. The van der Waals surface area contributed by atoms with Crippen LogP contribution in [0.3, 0.4) is 0 Å². The number of nitrogens with one attached hydrogen (secondary N) is 1. The number of ether oxygens (including phenoxy) is 1. The smallest absolute Gasteiger partial charge is 0.341 e. The van der Waals surface area contributed by atoms with E-state index in [2.05, 4.69) is 10.3 Å². The lowest BCUT2D eigenvalue weighted by atomic mass is 10.1. The average molecular weight is 357 g/mol. The summed E-state index contributed by atoms with van der Waals surface area (Å²) in [5, 5.41) is 3.35. The number of hydrogen-bond donors (Lipinski definition) is 1. The molecule has 3 rings (SSSR count). The van der Waals surface area contributed by atoms with Gasteiger partial charge in [0.15, 0.2) is 0 Å². The SMILES string of the molecule is CCOC(=O)c1c(NC(=O)c2ccn3cc(C)nc3c2)sc(C)c1C. The second-order valence-corrected chi connectivity index (χ2v) is 6.95. The number of carbonyl (C=O) groups is 2. The Balaban J connectivity index is 1.91. The Morgan fingerprint density at radius 3 is 2.80 bits per heavy atom. The molecule has 0 atom stereocenters. The molecule has 0 aromatic carbocycles. The number of aromatic nitrogens is 2. The first-order valence-electron chi connectivity index (χ1n) is 7.94. The molecule has 25 heavy (non-hydrogen) atoms. The normalized spacial score (nSPS) is 10.9. The number of esters is 1. The van der Waals surface area contributed by atoms with Gasteiger partial charge in [0.1, 0.15) is 10.6 Å². The Kier molecular flexibility index (Phi) is 4.59. The summed E-state index contributed by atoms with van der Waals surface area (Å²) < 4.78 is 6.97. The van der Waals surface area contributed by atoms with Crippen LogP contribution in [0, 0.1) is 20.8 Å². The Labute approximate surface area is 149 Å². The maximum Gasteiger partial charge on any atom is 0.341 e. The van der Waals surface area contributed by atoms with E-state index in [1.807, 2.05) is 31.4 Å². The third kappa shape index (κ3) is 3.28. The summed E-state index contributed by atoms with van der Waals surface area (Å²) in [6, 6.07) is 3.44. The molecule has 0 aliphatic rings. The van der Waals surface area contributed by atoms with Crippen LogP contribution < -0.4 is 5.32 Å². The van der Waals surface area contributed by atoms with Crippen LogP contribution in [-0.2, 0) is 4.74 Å². The van der Waals surface area contributed by atoms with Crippen molar-refractivity contribution in [3.05, 3.63) is 51.8 Å². The maximum absolute atomic E-state index is 12.6. The zero-order valence-electron chi connectivity index (χ0n) is 14.5. The summed E-state index contributed by atoms with van der Waals surface area (Å²) in [7, 11) is 0. The summed E-state index contributed by atoms with van der Waals surface area (Å²) in [5.41, 5.74) is 3.33. The summed E-state index contributed by atoms with van der Waals surface area (Å²) in [6.45, 7) is 7.71. The highest BCUT2D eigenvalue weighted by molar-refractivity contribution is 7.16. The van der Waals surface area contributed by atoms with Crippen LogP contribution in [0.25, 0.3) is 5.65 Å². The fraction of sp³-hybridized carbons (Fsp3) is 0.278. The van der Waals surface area contributed by atoms with E-state index >= 15 is 0 Å². The molecule has 0 aliphatic carbocycles. The average Bonchev–Trinajstić information content (AvgIpc) is 3.06. The van der Waals surface area contributed by atoms with Gasteiger partial charge in [-0.3, -0.25) is 4.79 Å². The highest BCUT2D eigenvalue weighted by atomic mass is 32.1. The Hall–Kier alpha value is -2.67. The van der Waals surface area contributed by atoms with Crippen LogP contribution in [0.2, 0.25) is 0 Å². The van der Waals surface area contributed by atoms with Crippen LogP contribution in [0.4, 0.5) is 5.00 Å². The molecule has 0 fully saturated rings. The van der Waals surface area contributed by atoms with Crippen molar-refractivity contribution in [3.63, 3.8) is 0 Å². The van der Waals surface area contributed by atoms with E-state index < -0.39 is 5.97 Å². The van der Waals surface area contributed by atoms with E-state index in [1.165, 1.54) is 11.3 Å². The molecular formula is C18H19N3O3S. The number of fused-ring (bicyclic) bond motifs is 1. The zero-order valence-corrected chi connectivity index (χ0v) is 15.4. The lowest BCUT2D eigenvalue weighted by Gasteiger charge is -2.07. The van der Waals surface area contributed by atoms with Gasteiger partial charge >= 0.3 is 5.97 Å². The first-order chi connectivity index (χ1) is 11.9. The number of imidazole rings is 1. The first kappa shape index (κ1) is 17.2. The minimum atomic E-state index is -0.418. The molecule has 3 heterocycles. The lowest BCUT2D eigenvalue weighted by molar-refractivity contribution is 0.0527. The van der Waals surface area contributed by atoms with E-state index in [0.29, 0.717) is 21.8 Å². The molecule has 0 spiro atoms. The number of thiophene rings is 1. The van der Waals surface area contributed by atoms with Crippen molar-refractivity contribution in [1.82, 2.24) is 9.38 Å². The number of pyridine rings is 1. The van der Waals surface area contributed by atoms with Crippen molar-refractivity contribution in [2.45, 2.75) is 27.7 Å². The monoisotopic (exact) mass is 357 g/mol. The van der Waals surface area contributed by atoms with E-state index in [1.54, 1.807) is 25.3 Å². The first-order valence-corrected chi connectivity index (χ1v) is 8.76. The minimum Gasteiger partial charge on any atom is -0.462 e. The van der Waals surface area contributed by atoms with Crippen molar-refractivity contribution in [1.29, 1.82) is 0 Å². The molecule has 0 aliphatic heterocycles. The van der Waals surface area contributed by atoms with Crippen molar-refractivity contribution in [2.24, 2.45) is 0 Å². The van der Waals surface area contributed by atoms with Gasteiger partial charge in [-0.05, 0) is 45.4 Å². The number of amides is 1. The number of aryl methyl sites for hydroxylation is 2. The van der Waals surface area contributed by atoms with Crippen molar-refractivity contribution >= 4 is 33.9 Å². The topological polar surface area (TPSA) is 72.7 Å². The number of carbonyl (C=O) groups excluding carboxylic acids is 2. The van der Waals surface area contributed by atoms with Crippen LogP contribution in [0.5, 0.6) is 0 Å². The summed E-state index contributed by atoms with van der Waals surface area (Å²) in [6.07, 6.45) is 3.68. The van der Waals surface area contributed by atoms with E-state index in [-0.39, 0.29) is 12.5 Å². The second kappa shape index (κ2) is 6.68. The van der Waals surface area contributed by atoms with Gasteiger partial charge < -0.3 is 14.5 Å². The van der Waals surface area contributed by atoms with Crippen molar-refractivity contribution in [3.8, 4) is 0 Å². The fourth-order valence-electron chi connectivity index (χ4n) is 2.59. The maximum atomic E-state index is 12.6. The number of anilines is 1. The number of nitrogens with zero attached hydrogens (tertiary/aromatic N) is 2. The lowest BCUT2D eigenvalue weighted by Crippen LogP contribution is -2.15. The molecule has 0 radical (unpaired) electrons. The molecule has 0 unspecified atom stereocenters. The third-order valence-electron chi connectivity index (χ3n) is 3.93. The van der Waals surface area contributed by atoms with Gasteiger partial charge in [0, 0.05) is 22.8 Å². The molecule has 6 nitrogen and oxygen atoms in total. The molecule has 3 aromatic rings. The van der Waals surface area contributed by atoms with Crippen LogP contribution in [0.15, 0.2) is 24.5 Å². The van der Waals surface area contributed by atoms with E-state index in [9.17, 15) is 9.59 Å². The molecule has 1 N–H and O–H groups in total. The summed E-state index contributed by atoms with van der Waals surface area (Å²) in [4.78, 5) is 30.2. The quantitative estimate of drug-likeness (QED) is 0.722. The van der Waals surface area contributed by atoms with Gasteiger partial charge in [0.05, 0.1) is 17.9 Å². The predicted molar refractivity (Wildman–Crippen MR) is 97.6 cm³/mol. The van der Waals surface area contributed by atoms with Crippen molar-refractivity contribution in [2.75, 3.05) is 11.9 Å². The molecule has 130 valence electrons. The standard InChI is InChI=1S/C18H19N3O3S/c1-5-24-18(23)15-11(3)12(4)25-17(15)20-16(22)13-6-7-21-9-10(2)19-14(21)8-13/h6-9H,5H2,1-4H3,(H,20,22). The van der Waals surface area contributed by atoms with Crippen molar-refractivity contribution < 1.29 is 14.3 Å². The second-order valence-electron chi connectivity index (χ2n) is 5.73. The van der Waals surface area contributed by atoms with Gasteiger partial charge in [-0.2, -0.15) is 0 Å².